The Morgan fingerprint density at radius 2 is 1.58 bits per heavy atom. The van der Waals surface area contributed by atoms with Gasteiger partial charge in [0.2, 0.25) is 11.8 Å². The predicted molar refractivity (Wildman–Crippen MR) is 132 cm³/mol. The molecule has 1 saturated carbocycles. The molecule has 3 aromatic carbocycles. The molecular formula is C29H30N2O2. The van der Waals surface area contributed by atoms with Crippen LogP contribution in [-0.2, 0) is 9.59 Å². The van der Waals surface area contributed by atoms with Crippen LogP contribution in [0.1, 0.15) is 36.3 Å². The summed E-state index contributed by atoms with van der Waals surface area (Å²) < 4.78 is 0. The fraction of sp³-hybridized carbons (Fsp3) is 0.310. The van der Waals surface area contributed by atoms with Crippen LogP contribution >= 0.6 is 0 Å². The molecule has 4 heteroatoms. The molecule has 4 nitrogen and oxygen atoms in total. The first kappa shape index (κ1) is 21.4. The molecule has 1 saturated heterocycles. The lowest BCUT2D eigenvalue weighted by Gasteiger charge is -2.31. The summed E-state index contributed by atoms with van der Waals surface area (Å²) in [6.45, 7) is 3.42. The van der Waals surface area contributed by atoms with Crippen molar-refractivity contribution in [3.63, 3.8) is 0 Å². The molecule has 0 unspecified atom stereocenters. The van der Waals surface area contributed by atoms with Crippen molar-refractivity contribution in [2.24, 2.45) is 11.8 Å². The van der Waals surface area contributed by atoms with Gasteiger partial charge >= 0.3 is 0 Å². The summed E-state index contributed by atoms with van der Waals surface area (Å²) in [5, 5.41) is 3.07. The molecule has 1 aliphatic heterocycles. The largest absolute Gasteiger partial charge is 0.342 e. The van der Waals surface area contributed by atoms with E-state index >= 15 is 0 Å². The van der Waals surface area contributed by atoms with Gasteiger partial charge in [0.05, 0.1) is 0 Å². The summed E-state index contributed by atoms with van der Waals surface area (Å²) >= 11 is 0. The van der Waals surface area contributed by atoms with E-state index in [1.807, 2.05) is 47.4 Å². The van der Waals surface area contributed by atoms with E-state index in [4.69, 9.17) is 0 Å². The second-order valence-electron chi connectivity index (χ2n) is 9.40. The van der Waals surface area contributed by atoms with Gasteiger partial charge in [0.1, 0.15) is 0 Å². The van der Waals surface area contributed by atoms with Crippen LogP contribution in [0.5, 0.6) is 0 Å². The maximum Gasteiger partial charge on any atom is 0.227 e. The molecule has 1 aliphatic carbocycles. The molecule has 2 fully saturated rings. The number of carbonyl (C=O) groups is 2. The highest BCUT2D eigenvalue weighted by Gasteiger charge is 2.46. The Balaban J connectivity index is 1.12. The number of benzene rings is 3. The van der Waals surface area contributed by atoms with E-state index in [-0.39, 0.29) is 23.7 Å². The highest BCUT2D eigenvalue weighted by atomic mass is 16.2. The number of nitrogens with one attached hydrogen (secondary N) is 1. The number of rotatable bonds is 5. The third-order valence-electron chi connectivity index (χ3n) is 7.02. The standard InChI is InChI=1S/C29H30N2O2/c1-20-6-5-9-24(18-20)21-10-12-25(13-11-21)30-28(32)23-14-16-31(17-15-23)29(33)27-19-26(27)22-7-3-2-4-8-22/h2-13,18,23,26-27H,14-17,19H2,1H3,(H,30,32)/t26-,27+/m0/s1. The quantitative estimate of drug-likeness (QED) is 0.560. The number of hydrogen-bond donors (Lipinski definition) is 1. The summed E-state index contributed by atoms with van der Waals surface area (Å²) in [4.78, 5) is 27.7. The van der Waals surface area contributed by atoms with Gasteiger partial charge in [-0.15, -0.1) is 0 Å². The molecule has 5 rings (SSSR count). The topological polar surface area (TPSA) is 49.4 Å². The van der Waals surface area contributed by atoms with E-state index in [9.17, 15) is 9.59 Å². The fourth-order valence-electron chi connectivity index (χ4n) is 4.95. The number of likely N-dealkylation sites (tertiary alicyclic amines) is 1. The van der Waals surface area contributed by atoms with Gasteiger partial charge < -0.3 is 10.2 Å². The zero-order chi connectivity index (χ0) is 22.8. The van der Waals surface area contributed by atoms with Crippen LogP contribution in [0.3, 0.4) is 0 Å². The van der Waals surface area contributed by atoms with Crippen LogP contribution in [0.25, 0.3) is 11.1 Å². The highest BCUT2D eigenvalue weighted by Crippen LogP contribution is 2.48. The summed E-state index contributed by atoms with van der Waals surface area (Å²) in [6.07, 6.45) is 2.39. The van der Waals surface area contributed by atoms with Crippen molar-refractivity contribution in [2.45, 2.75) is 32.1 Å². The van der Waals surface area contributed by atoms with Crippen LogP contribution in [0, 0.1) is 18.8 Å². The first-order chi connectivity index (χ1) is 16.1. The minimum Gasteiger partial charge on any atom is -0.342 e. The predicted octanol–water partition coefficient (Wildman–Crippen LogP) is 5.64. The normalized spacial score (nSPS) is 20.3. The third-order valence-corrected chi connectivity index (χ3v) is 7.02. The van der Waals surface area contributed by atoms with E-state index in [1.54, 1.807) is 0 Å². The van der Waals surface area contributed by atoms with Crippen LogP contribution in [0.2, 0.25) is 0 Å². The van der Waals surface area contributed by atoms with Gasteiger partial charge in [0.25, 0.3) is 0 Å². The van der Waals surface area contributed by atoms with E-state index in [1.165, 1.54) is 16.7 Å². The number of anilines is 1. The van der Waals surface area contributed by atoms with Gasteiger partial charge in [-0.2, -0.15) is 0 Å². The van der Waals surface area contributed by atoms with E-state index in [0.29, 0.717) is 19.0 Å². The molecule has 2 atom stereocenters. The number of piperidine rings is 1. The first-order valence-electron chi connectivity index (χ1n) is 11.9. The van der Waals surface area contributed by atoms with Crippen molar-refractivity contribution in [3.8, 4) is 11.1 Å². The summed E-state index contributed by atoms with van der Waals surface area (Å²) in [7, 11) is 0. The van der Waals surface area contributed by atoms with E-state index in [2.05, 4.69) is 48.6 Å². The first-order valence-corrected chi connectivity index (χ1v) is 11.9. The molecule has 0 spiro atoms. The molecule has 168 valence electrons. The molecule has 0 aromatic heterocycles. The maximum atomic E-state index is 12.9. The molecule has 2 amide bonds. The van der Waals surface area contributed by atoms with Crippen molar-refractivity contribution in [1.82, 2.24) is 4.90 Å². The van der Waals surface area contributed by atoms with Gasteiger partial charge in [-0.05, 0) is 60.9 Å². The average molecular weight is 439 g/mol. The van der Waals surface area contributed by atoms with Crippen LogP contribution < -0.4 is 5.32 Å². The molecule has 0 radical (unpaired) electrons. The monoisotopic (exact) mass is 438 g/mol. The summed E-state index contributed by atoms with van der Waals surface area (Å²) in [6, 6.07) is 26.7. The second-order valence-corrected chi connectivity index (χ2v) is 9.40. The smallest absolute Gasteiger partial charge is 0.227 e. The summed E-state index contributed by atoms with van der Waals surface area (Å²) in [5.74, 6) is 0.746. The van der Waals surface area contributed by atoms with Crippen molar-refractivity contribution >= 4 is 17.5 Å². The molecule has 0 bridgehead atoms. The second kappa shape index (κ2) is 9.22. The lowest BCUT2D eigenvalue weighted by Crippen LogP contribution is -2.42. The molecule has 1 N–H and O–H groups in total. The Labute approximate surface area is 195 Å². The minimum atomic E-state index is -0.0466. The number of carbonyl (C=O) groups excluding carboxylic acids is 2. The Bertz CT molecular complexity index is 1130. The molecule has 2 aliphatic rings. The van der Waals surface area contributed by atoms with Crippen LogP contribution in [-0.4, -0.2) is 29.8 Å². The number of hydrogen-bond acceptors (Lipinski definition) is 2. The third kappa shape index (κ3) is 4.85. The fourth-order valence-corrected chi connectivity index (χ4v) is 4.95. The molecule has 1 heterocycles. The SMILES string of the molecule is Cc1cccc(-c2ccc(NC(=O)C3CCN(C(=O)[C@@H]4C[C@H]4c4ccccc4)CC3)cc2)c1. The number of aryl methyl sites for hydroxylation is 1. The average Bonchev–Trinajstić information content (AvgIpc) is 3.66. The highest BCUT2D eigenvalue weighted by molar-refractivity contribution is 5.93. The van der Waals surface area contributed by atoms with Gasteiger partial charge in [0.15, 0.2) is 0 Å². The lowest BCUT2D eigenvalue weighted by atomic mass is 9.95. The molecule has 33 heavy (non-hydrogen) atoms. The maximum absolute atomic E-state index is 12.9. The molecule has 3 aromatic rings. The molecular weight excluding hydrogens is 408 g/mol. The summed E-state index contributed by atoms with van der Waals surface area (Å²) in [5.41, 5.74) is 5.62. The van der Waals surface area contributed by atoms with Crippen molar-refractivity contribution in [2.75, 3.05) is 18.4 Å². The van der Waals surface area contributed by atoms with Gasteiger partial charge in [-0.3, -0.25) is 9.59 Å². The van der Waals surface area contributed by atoms with E-state index in [0.717, 1.165) is 30.5 Å². The van der Waals surface area contributed by atoms with Crippen LogP contribution in [0.4, 0.5) is 5.69 Å². The zero-order valence-electron chi connectivity index (χ0n) is 19.0. The van der Waals surface area contributed by atoms with Gasteiger partial charge in [-0.1, -0.05) is 72.3 Å². The lowest BCUT2D eigenvalue weighted by molar-refractivity contribution is -0.135. The Morgan fingerprint density at radius 3 is 2.27 bits per heavy atom. The van der Waals surface area contributed by atoms with Gasteiger partial charge in [0, 0.05) is 30.6 Å². The Hall–Kier alpha value is -3.40. The van der Waals surface area contributed by atoms with Crippen molar-refractivity contribution in [1.29, 1.82) is 0 Å². The Morgan fingerprint density at radius 1 is 0.848 bits per heavy atom. The van der Waals surface area contributed by atoms with Crippen LogP contribution in [0.15, 0.2) is 78.9 Å². The van der Waals surface area contributed by atoms with Crippen molar-refractivity contribution in [3.05, 3.63) is 90.0 Å². The van der Waals surface area contributed by atoms with Crippen molar-refractivity contribution < 1.29 is 9.59 Å². The number of nitrogens with zero attached hydrogens (tertiary/aromatic N) is 1. The zero-order valence-corrected chi connectivity index (χ0v) is 19.0. The number of amides is 2. The van der Waals surface area contributed by atoms with Gasteiger partial charge in [-0.25, -0.2) is 0 Å². The van der Waals surface area contributed by atoms with E-state index < -0.39 is 0 Å². The Kier molecular flexibility index (Phi) is 5.99. The minimum absolute atomic E-state index is 0.0466.